The van der Waals surface area contributed by atoms with Gasteiger partial charge in [0.05, 0.1) is 12.2 Å². The van der Waals surface area contributed by atoms with Crippen molar-refractivity contribution in [2.24, 2.45) is 5.73 Å². The first kappa shape index (κ1) is 11.5. The largest absolute Gasteiger partial charge is 0.494 e. The molecule has 15 heavy (non-hydrogen) atoms. The van der Waals surface area contributed by atoms with E-state index in [1.54, 1.807) is 12.1 Å². The minimum Gasteiger partial charge on any atom is -0.494 e. The second-order valence-electron chi connectivity index (χ2n) is 3.18. The van der Waals surface area contributed by atoms with Crippen molar-refractivity contribution < 1.29 is 14.6 Å². The third kappa shape index (κ3) is 3.99. The lowest BCUT2D eigenvalue weighted by atomic mass is 10.2. The highest BCUT2D eigenvalue weighted by Crippen LogP contribution is 2.13. The molecule has 0 aliphatic carbocycles. The van der Waals surface area contributed by atoms with Crippen molar-refractivity contribution in [1.82, 2.24) is 0 Å². The summed E-state index contributed by atoms with van der Waals surface area (Å²) in [5, 5.41) is 8.75. The fraction of sp³-hybridized carbons (Fsp3) is 0.364. The topological polar surface area (TPSA) is 72.5 Å². The number of hydrogen-bond acceptors (Lipinski definition) is 3. The van der Waals surface area contributed by atoms with Gasteiger partial charge in [0, 0.05) is 0 Å². The number of carboxylic acids is 1. The molecule has 0 saturated heterocycles. The van der Waals surface area contributed by atoms with E-state index in [-0.39, 0.29) is 5.56 Å². The van der Waals surface area contributed by atoms with E-state index < -0.39 is 5.97 Å². The van der Waals surface area contributed by atoms with Crippen molar-refractivity contribution >= 4 is 5.97 Å². The zero-order valence-electron chi connectivity index (χ0n) is 8.48. The summed E-state index contributed by atoms with van der Waals surface area (Å²) in [6.45, 7) is 1.22. The molecule has 0 radical (unpaired) electrons. The normalized spacial score (nSPS) is 9.93. The molecule has 0 unspecified atom stereocenters. The molecule has 82 valence electrons. The Labute approximate surface area is 88.7 Å². The lowest BCUT2D eigenvalue weighted by Gasteiger charge is -2.05. The maximum absolute atomic E-state index is 10.7. The van der Waals surface area contributed by atoms with Gasteiger partial charge in [-0.3, -0.25) is 0 Å². The summed E-state index contributed by atoms with van der Waals surface area (Å²) in [4.78, 5) is 10.7. The van der Waals surface area contributed by atoms with Crippen molar-refractivity contribution in [3.63, 3.8) is 0 Å². The van der Waals surface area contributed by atoms with Gasteiger partial charge in [0.15, 0.2) is 0 Å². The third-order valence-electron chi connectivity index (χ3n) is 1.95. The lowest BCUT2D eigenvalue weighted by molar-refractivity contribution is 0.0696. The van der Waals surface area contributed by atoms with Gasteiger partial charge in [0.1, 0.15) is 5.75 Å². The lowest BCUT2D eigenvalue weighted by Crippen LogP contribution is -2.04. The highest BCUT2D eigenvalue weighted by Gasteiger charge is 2.03. The number of nitrogens with two attached hydrogens (primary N) is 1. The molecule has 4 heteroatoms. The Hall–Kier alpha value is -1.55. The molecule has 3 N–H and O–H groups in total. The van der Waals surface area contributed by atoms with E-state index in [1.807, 2.05) is 0 Å². The minimum absolute atomic E-state index is 0.242. The standard InChI is InChI=1S/C11H15NO3/c12-6-1-2-7-15-10-5-3-4-9(8-10)11(13)14/h3-5,8H,1-2,6-7,12H2,(H,13,14). The molecule has 1 aromatic carbocycles. The molecule has 0 amide bonds. The molecular weight excluding hydrogens is 194 g/mol. The molecule has 0 heterocycles. The number of carboxylic acid groups (broad SMARTS) is 1. The summed E-state index contributed by atoms with van der Waals surface area (Å²) < 4.78 is 5.38. The molecule has 1 rings (SSSR count). The molecule has 0 bridgehead atoms. The zero-order valence-corrected chi connectivity index (χ0v) is 8.48. The first-order valence-corrected chi connectivity index (χ1v) is 4.90. The van der Waals surface area contributed by atoms with Gasteiger partial charge in [-0.1, -0.05) is 6.07 Å². The van der Waals surface area contributed by atoms with Crippen LogP contribution in [0.3, 0.4) is 0 Å². The van der Waals surface area contributed by atoms with Gasteiger partial charge in [-0.25, -0.2) is 4.79 Å². The van der Waals surface area contributed by atoms with Gasteiger partial charge < -0.3 is 15.6 Å². The van der Waals surface area contributed by atoms with Crippen LogP contribution in [0.1, 0.15) is 23.2 Å². The van der Waals surface area contributed by atoms with Crippen molar-refractivity contribution in [1.29, 1.82) is 0 Å². The van der Waals surface area contributed by atoms with E-state index in [2.05, 4.69) is 0 Å². The monoisotopic (exact) mass is 209 g/mol. The van der Waals surface area contributed by atoms with E-state index in [1.165, 1.54) is 12.1 Å². The van der Waals surface area contributed by atoms with Gasteiger partial charge in [0.25, 0.3) is 0 Å². The van der Waals surface area contributed by atoms with Crippen molar-refractivity contribution in [2.75, 3.05) is 13.2 Å². The predicted octanol–water partition coefficient (Wildman–Crippen LogP) is 1.50. The quantitative estimate of drug-likeness (QED) is 0.696. The Balaban J connectivity index is 2.47. The van der Waals surface area contributed by atoms with Crippen LogP contribution < -0.4 is 10.5 Å². The van der Waals surface area contributed by atoms with Crippen LogP contribution in [0.4, 0.5) is 0 Å². The number of hydrogen-bond donors (Lipinski definition) is 2. The van der Waals surface area contributed by atoms with Crippen LogP contribution in [-0.4, -0.2) is 24.2 Å². The van der Waals surface area contributed by atoms with Crippen LogP contribution in [0.15, 0.2) is 24.3 Å². The Morgan fingerprint density at radius 3 is 2.87 bits per heavy atom. The fourth-order valence-electron chi connectivity index (χ4n) is 1.16. The number of benzene rings is 1. The van der Waals surface area contributed by atoms with Gasteiger partial charge in [-0.2, -0.15) is 0 Å². The maximum atomic E-state index is 10.7. The van der Waals surface area contributed by atoms with Crippen LogP contribution in [0.5, 0.6) is 5.75 Å². The molecule has 1 aromatic rings. The summed E-state index contributed by atoms with van der Waals surface area (Å²) in [6.07, 6.45) is 1.80. The number of carbonyl (C=O) groups is 1. The first-order valence-electron chi connectivity index (χ1n) is 4.90. The Kier molecular flexibility index (Phi) is 4.63. The molecule has 4 nitrogen and oxygen atoms in total. The summed E-state index contributed by atoms with van der Waals surface area (Å²) in [7, 11) is 0. The Morgan fingerprint density at radius 1 is 1.40 bits per heavy atom. The van der Waals surface area contributed by atoms with Crippen LogP contribution in [-0.2, 0) is 0 Å². The number of ether oxygens (including phenoxy) is 1. The second-order valence-corrected chi connectivity index (χ2v) is 3.18. The first-order chi connectivity index (χ1) is 7.24. The number of aromatic carboxylic acids is 1. The molecular formula is C11H15NO3. The molecule has 0 atom stereocenters. The van der Waals surface area contributed by atoms with Crippen molar-refractivity contribution in [2.45, 2.75) is 12.8 Å². The highest BCUT2D eigenvalue weighted by molar-refractivity contribution is 5.87. The summed E-state index contributed by atoms with van der Waals surface area (Å²) in [5.74, 6) is -0.352. The fourth-order valence-corrected chi connectivity index (χ4v) is 1.16. The van der Waals surface area contributed by atoms with Gasteiger partial charge in [0.2, 0.25) is 0 Å². The summed E-state index contributed by atoms with van der Waals surface area (Å²) in [5.41, 5.74) is 5.58. The van der Waals surface area contributed by atoms with Crippen molar-refractivity contribution in [3.8, 4) is 5.75 Å². The third-order valence-corrected chi connectivity index (χ3v) is 1.95. The maximum Gasteiger partial charge on any atom is 0.335 e. The second kappa shape index (κ2) is 6.03. The van der Waals surface area contributed by atoms with E-state index in [0.717, 1.165) is 12.8 Å². The van der Waals surface area contributed by atoms with E-state index >= 15 is 0 Å². The molecule has 0 aliphatic heterocycles. The van der Waals surface area contributed by atoms with Crippen LogP contribution in [0.25, 0.3) is 0 Å². The average Bonchev–Trinajstić information content (AvgIpc) is 2.25. The summed E-state index contributed by atoms with van der Waals surface area (Å²) >= 11 is 0. The SMILES string of the molecule is NCCCCOc1cccc(C(=O)O)c1. The number of rotatable bonds is 6. The minimum atomic E-state index is -0.942. The van der Waals surface area contributed by atoms with Gasteiger partial charge in [-0.15, -0.1) is 0 Å². The average molecular weight is 209 g/mol. The Bertz CT molecular complexity index is 325. The van der Waals surface area contributed by atoms with E-state index in [4.69, 9.17) is 15.6 Å². The van der Waals surface area contributed by atoms with Gasteiger partial charge in [-0.05, 0) is 37.6 Å². The zero-order chi connectivity index (χ0) is 11.1. The highest BCUT2D eigenvalue weighted by atomic mass is 16.5. The molecule has 0 aliphatic rings. The molecule has 0 fully saturated rings. The molecule has 0 spiro atoms. The van der Waals surface area contributed by atoms with Crippen molar-refractivity contribution in [3.05, 3.63) is 29.8 Å². The predicted molar refractivity (Wildman–Crippen MR) is 57.2 cm³/mol. The molecule has 0 aromatic heterocycles. The van der Waals surface area contributed by atoms with Crippen LogP contribution in [0, 0.1) is 0 Å². The van der Waals surface area contributed by atoms with E-state index in [0.29, 0.717) is 18.9 Å². The van der Waals surface area contributed by atoms with Crippen LogP contribution in [0.2, 0.25) is 0 Å². The summed E-state index contributed by atoms with van der Waals surface area (Å²) in [6, 6.07) is 6.47. The Morgan fingerprint density at radius 2 is 2.20 bits per heavy atom. The van der Waals surface area contributed by atoms with Crippen LogP contribution >= 0.6 is 0 Å². The number of unbranched alkanes of at least 4 members (excludes halogenated alkanes) is 1. The molecule has 0 saturated carbocycles. The smallest absolute Gasteiger partial charge is 0.335 e. The van der Waals surface area contributed by atoms with Gasteiger partial charge >= 0.3 is 5.97 Å². The van der Waals surface area contributed by atoms with E-state index in [9.17, 15) is 4.79 Å².